The number of hydrogen-bond donors (Lipinski definition) is 5. The van der Waals surface area contributed by atoms with Crippen molar-refractivity contribution in [2.45, 2.75) is 45.1 Å². The van der Waals surface area contributed by atoms with Crippen LogP contribution in [0.1, 0.15) is 41.0 Å². The molecule has 0 bridgehead atoms. The molecule has 0 saturated carbocycles. The zero-order chi connectivity index (χ0) is 23.6. The SMILES string of the molecule is CC(Cc1cccc(CC(=O)NCc2ccccn2)c1)NC[C@H](O)c1ccc(O)c(CO)c1. The van der Waals surface area contributed by atoms with Crippen molar-refractivity contribution in [1.29, 1.82) is 0 Å². The van der Waals surface area contributed by atoms with Crippen LogP contribution in [0.5, 0.6) is 5.75 Å². The van der Waals surface area contributed by atoms with Crippen LogP contribution in [-0.4, -0.2) is 38.8 Å². The first-order valence-electron chi connectivity index (χ1n) is 11.0. The molecular formula is C26H31N3O4. The van der Waals surface area contributed by atoms with E-state index in [-0.39, 0.29) is 24.3 Å². The molecule has 2 aromatic carbocycles. The van der Waals surface area contributed by atoms with Crippen molar-refractivity contribution in [3.05, 3.63) is 94.8 Å². The van der Waals surface area contributed by atoms with Gasteiger partial charge in [-0.1, -0.05) is 36.4 Å². The first-order valence-corrected chi connectivity index (χ1v) is 11.0. The Hall–Kier alpha value is -3.26. The third-order valence-corrected chi connectivity index (χ3v) is 5.41. The van der Waals surface area contributed by atoms with Crippen LogP contribution in [0.2, 0.25) is 0 Å². The number of carbonyl (C=O) groups is 1. The van der Waals surface area contributed by atoms with E-state index in [4.69, 9.17) is 0 Å². The Labute approximate surface area is 194 Å². The minimum Gasteiger partial charge on any atom is -0.508 e. The summed E-state index contributed by atoms with van der Waals surface area (Å²) < 4.78 is 0. The van der Waals surface area contributed by atoms with Gasteiger partial charge >= 0.3 is 0 Å². The number of amides is 1. The molecule has 33 heavy (non-hydrogen) atoms. The number of pyridine rings is 1. The fourth-order valence-electron chi connectivity index (χ4n) is 3.60. The van der Waals surface area contributed by atoms with Gasteiger partial charge in [-0.2, -0.15) is 0 Å². The predicted octanol–water partition coefficient (Wildman–Crippen LogP) is 2.39. The van der Waals surface area contributed by atoms with Gasteiger partial charge in [-0.25, -0.2) is 0 Å². The van der Waals surface area contributed by atoms with E-state index in [0.29, 0.717) is 30.6 Å². The molecule has 7 nitrogen and oxygen atoms in total. The van der Waals surface area contributed by atoms with Crippen molar-refractivity contribution in [3.8, 4) is 5.75 Å². The van der Waals surface area contributed by atoms with Crippen LogP contribution in [0.25, 0.3) is 0 Å². The number of aliphatic hydroxyl groups is 2. The fraction of sp³-hybridized carbons (Fsp3) is 0.308. The zero-order valence-electron chi connectivity index (χ0n) is 18.7. The maximum atomic E-state index is 12.3. The lowest BCUT2D eigenvalue weighted by Gasteiger charge is -2.18. The Bertz CT molecular complexity index is 1040. The summed E-state index contributed by atoms with van der Waals surface area (Å²) in [4.78, 5) is 16.5. The van der Waals surface area contributed by atoms with Gasteiger partial charge in [0.15, 0.2) is 0 Å². The first-order chi connectivity index (χ1) is 15.9. The molecule has 0 fully saturated rings. The normalized spacial score (nSPS) is 12.8. The quantitative estimate of drug-likeness (QED) is 0.307. The molecule has 2 atom stereocenters. The maximum absolute atomic E-state index is 12.3. The molecule has 0 spiro atoms. The molecule has 3 rings (SSSR count). The van der Waals surface area contributed by atoms with E-state index in [0.717, 1.165) is 23.2 Å². The van der Waals surface area contributed by atoms with Gasteiger partial charge in [0, 0.05) is 24.3 Å². The predicted molar refractivity (Wildman–Crippen MR) is 126 cm³/mol. The summed E-state index contributed by atoms with van der Waals surface area (Å²) in [6.07, 6.45) is 1.99. The largest absolute Gasteiger partial charge is 0.508 e. The van der Waals surface area contributed by atoms with Crippen molar-refractivity contribution in [3.63, 3.8) is 0 Å². The number of aromatic nitrogens is 1. The highest BCUT2D eigenvalue weighted by molar-refractivity contribution is 5.78. The second kappa shape index (κ2) is 12.1. The highest BCUT2D eigenvalue weighted by Crippen LogP contribution is 2.22. The molecule has 1 heterocycles. The van der Waals surface area contributed by atoms with E-state index >= 15 is 0 Å². The van der Waals surface area contributed by atoms with Gasteiger partial charge in [0.05, 0.1) is 31.4 Å². The molecule has 0 aliphatic heterocycles. The number of nitrogens with zero attached hydrogens (tertiary/aromatic N) is 1. The smallest absolute Gasteiger partial charge is 0.224 e. The average molecular weight is 450 g/mol. The monoisotopic (exact) mass is 449 g/mol. The third-order valence-electron chi connectivity index (χ3n) is 5.41. The van der Waals surface area contributed by atoms with Crippen LogP contribution in [0.3, 0.4) is 0 Å². The molecule has 1 aromatic heterocycles. The highest BCUT2D eigenvalue weighted by Gasteiger charge is 2.13. The Morgan fingerprint density at radius 2 is 1.88 bits per heavy atom. The molecule has 0 radical (unpaired) electrons. The van der Waals surface area contributed by atoms with Crippen LogP contribution in [0, 0.1) is 0 Å². The number of aliphatic hydroxyl groups excluding tert-OH is 2. The molecule has 0 aliphatic carbocycles. The summed E-state index contributed by atoms with van der Waals surface area (Å²) in [6.45, 7) is 2.50. The molecule has 7 heteroatoms. The minimum absolute atomic E-state index is 0.0140. The second-order valence-electron chi connectivity index (χ2n) is 8.17. The molecule has 0 aliphatic rings. The fourth-order valence-corrected chi connectivity index (χ4v) is 3.60. The lowest BCUT2D eigenvalue weighted by molar-refractivity contribution is -0.120. The summed E-state index contributed by atoms with van der Waals surface area (Å²) in [7, 11) is 0. The van der Waals surface area contributed by atoms with E-state index < -0.39 is 6.10 Å². The second-order valence-corrected chi connectivity index (χ2v) is 8.17. The van der Waals surface area contributed by atoms with Crippen molar-refractivity contribution < 1.29 is 20.1 Å². The highest BCUT2D eigenvalue weighted by atomic mass is 16.3. The minimum atomic E-state index is -0.757. The molecule has 174 valence electrons. The van der Waals surface area contributed by atoms with Gasteiger partial charge in [-0.05, 0) is 54.3 Å². The number of nitrogens with one attached hydrogen (secondary N) is 2. The summed E-state index contributed by atoms with van der Waals surface area (Å²) in [5, 5.41) is 35.6. The summed E-state index contributed by atoms with van der Waals surface area (Å²) in [5.74, 6) is -0.0386. The lowest BCUT2D eigenvalue weighted by atomic mass is 10.0. The average Bonchev–Trinajstić information content (AvgIpc) is 2.82. The number of rotatable bonds is 11. The van der Waals surface area contributed by atoms with Gasteiger partial charge in [0.1, 0.15) is 5.75 Å². The van der Waals surface area contributed by atoms with Crippen LogP contribution in [-0.2, 0) is 30.8 Å². The van der Waals surface area contributed by atoms with Crippen LogP contribution >= 0.6 is 0 Å². The third kappa shape index (κ3) is 7.68. The topological polar surface area (TPSA) is 115 Å². The summed E-state index contributed by atoms with van der Waals surface area (Å²) >= 11 is 0. The summed E-state index contributed by atoms with van der Waals surface area (Å²) in [5.41, 5.74) is 3.89. The maximum Gasteiger partial charge on any atom is 0.224 e. The standard InChI is InChI=1S/C26H31N3O4/c1-18(28-16-25(32)21-8-9-24(31)22(14-21)17-30)11-19-5-4-6-20(12-19)13-26(33)29-15-23-7-2-3-10-27-23/h2-10,12,14,18,25,28,30-32H,11,13,15-17H2,1H3,(H,29,33)/t18?,25-/m0/s1. The Morgan fingerprint density at radius 1 is 1.06 bits per heavy atom. The van der Waals surface area contributed by atoms with E-state index in [1.54, 1.807) is 18.3 Å². The Morgan fingerprint density at radius 3 is 2.64 bits per heavy atom. The van der Waals surface area contributed by atoms with Crippen molar-refractivity contribution in [2.75, 3.05) is 6.54 Å². The molecule has 3 aromatic rings. The Balaban J connectivity index is 1.47. The van der Waals surface area contributed by atoms with Crippen LogP contribution in [0.4, 0.5) is 0 Å². The number of phenols is 1. The summed E-state index contributed by atoms with van der Waals surface area (Å²) in [6, 6.07) is 18.4. The number of hydrogen-bond acceptors (Lipinski definition) is 6. The van der Waals surface area contributed by atoms with Gasteiger partial charge < -0.3 is 26.0 Å². The number of aromatic hydroxyl groups is 1. The van der Waals surface area contributed by atoms with E-state index in [9.17, 15) is 20.1 Å². The van der Waals surface area contributed by atoms with Crippen molar-refractivity contribution in [2.24, 2.45) is 0 Å². The molecule has 0 saturated heterocycles. The van der Waals surface area contributed by atoms with Crippen LogP contribution < -0.4 is 10.6 Å². The number of benzene rings is 2. The van der Waals surface area contributed by atoms with Gasteiger partial charge in [0.2, 0.25) is 5.91 Å². The first kappa shape index (κ1) is 24.4. The van der Waals surface area contributed by atoms with E-state index in [2.05, 4.69) is 15.6 Å². The van der Waals surface area contributed by atoms with Crippen molar-refractivity contribution in [1.82, 2.24) is 15.6 Å². The molecule has 1 unspecified atom stereocenters. The van der Waals surface area contributed by atoms with Crippen LogP contribution in [0.15, 0.2) is 66.9 Å². The Kier molecular flexibility index (Phi) is 8.95. The van der Waals surface area contributed by atoms with E-state index in [1.165, 1.54) is 6.07 Å². The van der Waals surface area contributed by atoms with Gasteiger partial charge in [0.25, 0.3) is 0 Å². The molecule has 5 N–H and O–H groups in total. The van der Waals surface area contributed by atoms with Gasteiger partial charge in [-0.3, -0.25) is 9.78 Å². The van der Waals surface area contributed by atoms with Gasteiger partial charge in [-0.15, -0.1) is 0 Å². The van der Waals surface area contributed by atoms with Crippen molar-refractivity contribution >= 4 is 5.91 Å². The molecular weight excluding hydrogens is 418 g/mol. The molecule has 1 amide bonds. The zero-order valence-corrected chi connectivity index (χ0v) is 18.7. The number of carbonyl (C=O) groups excluding carboxylic acids is 1. The van der Waals surface area contributed by atoms with E-state index in [1.807, 2.05) is 49.4 Å². The lowest BCUT2D eigenvalue weighted by Crippen LogP contribution is -2.32.